The molecule has 41 heavy (non-hydrogen) atoms. The van der Waals surface area contributed by atoms with E-state index in [2.05, 4.69) is 36.4 Å². The molecule has 1 unspecified atom stereocenters. The van der Waals surface area contributed by atoms with Gasteiger partial charge in [0.1, 0.15) is 6.61 Å². The van der Waals surface area contributed by atoms with Crippen LogP contribution in [0.1, 0.15) is 65.6 Å². The Bertz CT molecular complexity index is 1540. The minimum Gasteiger partial charge on any atom is -0.457 e. The Morgan fingerprint density at radius 1 is 0.805 bits per heavy atom. The van der Waals surface area contributed by atoms with Crippen LogP contribution in [0.15, 0.2) is 84.9 Å². The molecule has 0 aromatic heterocycles. The van der Waals surface area contributed by atoms with E-state index in [9.17, 15) is 15.0 Å². The highest BCUT2D eigenvalue weighted by atomic mass is 16.5. The number of rotatable bonds is 8. The lowest BCUT2D eigenvalue weighted by molar-refractivity contribution is -0.00589. The van der Waals surface area contributed by atoms with E-state index in [1.165, 1.54) is 55.2 Å². The van der Waals surface area contributed by atoms with Crippen molar-refractivity contribution in [2.75, 3.05) is 6.61 Å². The Labute approximate surface area is 242 Å². The second-order valence-corrected chi connectivity index (χ2v) is 12.9. The Morgan fingerprint density at radius 2 is 1.44 bits per heavy atom. The number of esters is 1. The van der Waals surface area contributed by atoms with E-state index >= 15 is 0 Å². The lowest BCUT2D eigenvalue weighted by Crippen LogP contribution is -2.49. The van der Waals surface area contributed by atoms with Gasteiger partial charge in [-0.2, -0.15) is 0 Å². The lowest BCUT2D eigenvalue weighted by Gasteiger charge is -2.57. The summed E-state index contributed by atoms with van der Waals surface area (Å²) in [4.78, 5) is 12.7. The van der Waals surface area contributed by atoms with Gasteiger partial charge in [0.2, 0.25) is 0 Å². The minimum atomic E-state index is -0.734. The first kappa shape index (κ1) is 26.4. The highest BCUT2D eigenvalue weighted by molar-refractivity contribution is 5.96. The zero-order valence-electron chi connectivity index (χ0n) is 23.5. The SMILES string of the molecule is O=C(OCc1ccccc1)c1ccc2cc(-c3ccc(CC(O)CO)c(C45CC6CC(CC(C6)C4)C5)c3)ccc2c1. The van der Waals surface area contributed by atoms with E-state index in [1.807, 2.05) is 48.5 Å². The largest absolute Gasteiger partial charge is 0.457 e. The molecule has 1 atom stereocenters. The van der Waals surface area contributed by atoms with Gasteiger partial charge in [-0.25, -0.2) is 4.79 Å². The number of fused-ring (bicyclic) bond motifs is 1. The van der Waals surface area contributed by atoms with E-state index in [0.29, 0.717) is 12.0 Å². The van der Waals surface area contributed by atoms with E-state index in [1.54, 1.807) is 0 Å². The zero-order chi connectivity index (χ0) is 28.0. The number of carbonyl (C=O) groups excluding carboxylic acids is 1. The van der Waals surface area contributed by atoms with Gasteiger partial charge in [0.15, 0.2) is 0 Å². The van der Waals surface area contributed by atoms with Crippen molar-refractivity contribution in [3.63, 3.8) is 0 Å². The van der Waals surface area contributed by atoms with Crippen molar-refractivity contribution < 1.29 is 19.7 Å². The van der Waals surface area contributed by atoms with Crippen LogP contribution in [0.25, 0.3) is 21.9 Å². The van der Waals surface area contributed by atoms with Crippen molar-refractivity contribution >= 4 is 16.7 Å². The molecule has 0 saturated heterocycles. The van der Waals surface area contributed by atoms with Crippen LogP contribution in [-0.4, -0.2) is 28.9 Å². The molecular weight excluding hydrogens is 508 g/mol. The van der Waals surface area contributed by atoms with Gasteiger partial charge in [-0.05, 0) is 118 Å². The first-order chi connectivity index (χ1) is 20.0. The fourth-order valence-electron chi connectivity index (χ4n) is 8.55. The predicted octanol–water partition coefficient (Wildman–Crippen LogP) is 7.23. The molecule has 4 bridgehead atoms. The fourth-order valence-corrected chi connectivity index (χ4v) is 8.55. The maximum Gasteiger partial charge on any atom is 0.338 e. The van der Waals surface area contributed by atoms with E-state index < -0.39 is 6.10 Å². The van der Waals surface area contributed by atoms with Gasteiger partial charge in [0, 0.05) is 6.42 Å². The smallest absolute Gasteiger partial charge is 0.338 e. The van der Waals surface area contributed by atoms with E-state index in [0.717, 1.165) is 39.7 Å². The van der Waals surface area contributed by atoms with Gasteiger partial charge in [0.25, 0.3) is 0 Å². The molecule has 2 N–H and O–H groups in total. The predicted molar refractivity (Wildman–Crippen MR) is 162 cm³/mol. The maximum atomic E-state index is 12.7. The highest BCUT2D eigenvalue weighted by Crippen LogP contribution is 2.61. The van der Waals surface area contributed by atoms with Gasteiger partial charge in [0.05, 0.1) is 18.3 Å². The summed E-state index contributed by atoms with van der Waals surface area (Å²) in [6.07, 6.45) is 7.69. The molecule has 4 fully saturated rings. The number of aliphatic hydroxyl groups excluding tert-OH is 2. The standard InChI is InChI=1S/C37H38O4/c38-22-34(39)17-32-10-8-31(18-35(32)37-19-25-12-26(20-37)14-27(13-25)21-37)29-6-7-30-16-33(11-9-28(30)15-29)36(40)41-23-24-4-2-1-3-5-24/h1-11,15-16,18,25-27,34,38-39H,12-14,17,19-23H2. The van der Waals surface area contributed by atoms with Crippen LogP contribution in [0.2, 0.25) is 0 Å². The normalized spacial score (nSPS) is 25.4. The summed E-state index contributed by atoms with van der Waals surface area (Å²) in [6, 6.07) is 28.7. The molecule has 8 rings (SSSR count). The lowest BCUT2D eigenvalue weighted by atomic mass is 9.47. The molecule has 4 nitrogen and oxygen atoms in total. The second-order valence-electron chi connectivity index (χ2n) is 12.9. The number of aliphatic hydroxyl groups is 2. The summed E-state index contributed by atoms with van der Waals surface area (Å²) in [5, 5.41) is 22.1. The van der Waals surface area contributed by atoms with Crippen molar-refractivity contribution in [1.82, 2.24) is 0 Å². The highest BCUT2D eigenvalue weighted by Gasteiger charge is 2.52. The number of hydrogen-bond acceptors (Lipinski definition) is 4. The van der Waals surface area contributed by atoms with Gasteiger partial charge < -0.3 is 14.9 Å². The summed E-state index contributed by atoms with van der Waals surface area (Å²) >= 11 is 0. The van der Waals surface area contributed by atoms with Crippen LogP contribution in [0.5, 0.6) is 0 Å². The van der Waals surface area contributed by atoms with Crippen molar-refractivity contribution in [3.05, 3.63) is 107 Å². The first-order valence-electron chi connectivity index (χ1n) is 15.2. The summed E-state index contributed by atoms with van der Waals surface area (Å²) in [5.41, 5.74) is 6.65. The van der Waals surface area contributed by atoms with Crippen LogP contribution < -0.4 is 0 Å². The fraction of sp³-hybridized carbons (Fsp3) is 0.378. The Morgan fingerprint density at radius 3 is 2.15 bits per heavy atom. The molecule has 0 spiro atoms. The van der Waals surface area contributed by atoms with Crippen molar-refractivity contribution in [3.8, 4) is 11.1 Å². The number of benzene rings is 4. The van der Waals surface area contributed by atoms with Crippen LogP contribution in [0.4, 0.5) is 0 Å². The van der Waals surface area contributed by atoms with Gasteiger partial charge >= 0.3 is 5.97 Å². The third-order valence-electron chi connectivity index (χ3n) is 10.0. The summed E-state index contributed by atoms with van der Waals surface area (Å²) in [6.45, 7) is 0.0442. The molecule has 4 aliphatic rings. The quantitative estimate of drug-likeness (QED) is 0.229. The molecule has 0 heterocycles. The molecule has 0 radical (unpaired) electrons. The molecule has 210 valence electrons. The van der Waals surface area contributed by atoms with Crippen molar-refractivity contribution in [2.45, 2.75) is 63.1 Å². The van der Waals surface area contributed by atoms with Crippen LogP contribution in [-0.2, 0) is 23.2 Å². The van der Waals surface area contributed by atoms with Crippen LogP contribution in [0, 0.1) is 17.8 Å². The van der Waals surface area contributed by atoms with Crippen molar-refractivity contribution in [2.24, 2.45) is 17.8 Å². The van der Waals surface area contributed by atoms with Gasteiger partial charge in [-0.1, -0.05) is 66.7 Å². The van der Waals surface area contributed by atoms with Crippen LogP contribution in [0.3, 0.4) is 0 Å². The molecule has 0 amide bonds. The molecule has 4 saturated carbocycles. The third-order valence-corrected chi connectivity index (χ3v) is 10.0. The van der Waals surface area contributed by atoms with Crippen molar-refractivity contribution in [1.29, 1.82) is 0 Å². The number of ether oxygens (including phenoxy) is 1. The number of carbonyl (C=O) groups is 1. The Kier molecular flexibility index (Phi) is 6.92. The van der Waals surface area contributed by atoms with Gasteiger partial charge in [-0.3, -0.25) is 0 Å². The topological polar surface area (TPSA) is 66.8 Å². The summed E-state index contributed by atoms with van der Waals surface area (Å²) < 4.78 is 5.54. The second kappa shape index (κ2) is 10.7. The van der Waals surface area contributed by atoms with Crippen LogP contribution >= 0.6 is 0 Å². The summed E-state index contributed by atoms with van der Waals surface area (Å²) in [5.74, 6) is 2.17. The van der Waals surface area contributed by atoms with Gasteiger partial charge in [-0.15, -0.1) is 0 Å². The first-order valence-corrected chi connectivity index (χ1v) is 15.2. The molecule has 4 aromatic rings. The Balaban J connectivity index is 1.18. The van der Waals surface area contributed by atoms with E-state index in [-0.39, 0.29) is 24.6 Å². The molecule has 4 aromatic carbocycles. The minimum absolute atomic E-state index is 0.196. The molecular formula is C37H38O4. The maximum absolute atomic E-state index is 12.7. The zero-order valence-corrected chi connectivity index (χ0v) is 23.5. The van der Waals surface area contributed by atoms with E-state index in [4.69, 9.17) is 4.74 Å². The molecule has 4 heteroatoms. The monoisotopic (exact) mass is 546 g/mol. The Hall–Kier alpha value is -3.47. The number of hydrogen-bond donors (Lipinski definition) is 2. The molecule has 0 aliphatic heterocycles. The average molecular weight is 547 g/mol. The average Bonchev–Trinajstić information content (AvgIpc) is 2.99. The summed E-state index contributed by atoms with van der Waals surface area (Å²) in [7, 11) is 0. The third kappa shape index (κ3) is 5.20. The molecule has 4 aliphatic carbocycles.